The highest BCUT2D eigenvalue weighted by Gasteiger charge is 2.29. The van der Waals surface area contributed by atoms with Crippen LogP contribution in [0, 0.1) is 5.92 Å². The fourth-order valence-electron chi connectivity index (χ4n) is 2.21. The molecule has 1 aromatic carbocycles. The number of hydrogen-bond donors (Lipinski definition) is 2. The van der Waals surface area contributed by atoms with Crippen LogP contribution in [0.25, 0.3) is 0 Å². The van der Waals surface area contributed by atoms with E-state index < -0.39 is 0 Å². The Labute approximate surface area is 125 Å². The first-order valence-electron chi connectivity index (χ1n) is 7.56. The number of carbonyl (C=O) groups is 2. The van der Waals surface area contributed by atoms with E-state index in [-0.39, 0.29) is 24.3 Å². The van der Waals surface area contributed by atoms with Crippen LogP contribution >= 0.6 is 0 Å². The van der Waals surface area contributed by atoms with E-state index >= 15 is 0 Å². The molecule has 0 spiro atoms. The van der Waals surface area contributed by atoms with Gasteiger partial charge in [0, 0.05) is 30.4 Å². The number of nitrogens with one attached hydrogen (secondary N) is 2. The average Bonchev–Trinajstić information content (AvgIpc) is 3.32. The molecule has 21 heavy (non-hydrogen) atoms. The van der Waals surface area contributed by atoms with Gasteiger partial charge in [-0.05, 0) is 51.0 Å². The first-order valence-corrected chi connectivity index (χ1v) is 7.56. The van der Waals surface area contributed by atoms with Crippen molar-refractivity contribution in [2.24, 2.45) is 5.92 Å². The molecule has 5 nitrogen and oxygen atoms in total. The molecule has 1 aliphatic rings. The minimum Gasteiger partial charge on any atom is -0.372 e. The van der Waals surface area contributed by atoms with Gasteiger partial charge in [-0.25, -0.2) is 0 Å². The zero-order valence-corrected chi connectivity index (χ0v) is 12.7. The van der Waals surface area contributed by atoms with Gasteiger partial charge in [0.15, 0.2) is 0 Å². The van der Waals surface area contributed by atoms with Crippen molar-refractivity contribution in [3.8, 4) is 0 Å². The highest BCUT2D eigenvalue weighted by molar-refractivity contribution is 5.95. The summed E-state index contributed by atoms with van der Waals surface area (Å²) in [5.74, 6) is -0.0761. The molecule has 114 valence electrons. The van der Waals surface area contributed by atoms with Crippen molar-refractivity contribution < 1.29 is 9.59 Å². The van der Waals surface area contributed by atoms with Crippen LogP contribution in [-0.4, -0.2) is 31.4 Å². The van der Waals surface area contributed by atoms with Gasteiger partial charge in [0.1, 0.15) is 0 Å². The Bertz CT molecular complexity index is 491. The molecule has 0 radical (unpaired) electrons. The normalized spacial score (nSPS) is 13.6. The third kappa shape index (κ3) is 4.48. The van der Waals surface area contributed by atoms with Crippen molar-refractivity contribution in [2.45, 2.75) is 26.7 Å². The molecule has 1 aromatic rings. The van der Waals surface area contributed by atoms with Crippen LogP contribution in [0.1, 0.15) is 26.7 Å². The Kier molecular flexibility index (Phi) is 5.20. The second kappa shape index (κ2) is 7.11. The van der Waals surface area contributed by atoms with Gasteiger partial charge in [0.05, 0.1) is 6.54 Å². The Hall–Kier alpha value is -2.04. The summed E-state index contributed by atoms with van der Waals surface area (Å²) >= 11 is 0. The van der Waals surface area contributed by atoms with Gasteiger partial charge in [0.2, 0.25) is 11.8 Å². The molecule has 2 rings (SSSR count). The third-order valence-corrected chi connectivity index (χ3v) is 3.65. The fourth-order valence-corrected chi connectivity index (χ4v) is 2.21. The van der Waals surface area contributed by atoms with Gasteiger partial charge >= 0.3 is 0 Å². The molecule has 1 aliphatic carbocycles. The lowest BCUT2D eigenvalue weighted by molar-refractivity contribution is -0.125. The molecule has 0 aromatic heterocycles. The van der Waals surface area contributed by atoms with E-state index in [1.165, 1.54) is 0 Å². The molecule has 1 fully saturated rings. The molecule has 0 aliphatic heterocycles. The summed E-state index contributed by atoms with van der Waals surface area (Å²) in [6.45, 7) is 6.17. The van der Waals surface area contributed by atoms with Crippen molar-refractivity contribution in [3.63, 3.8) is 0 Å². The third-order valence-electron chi connectivity index (χ3n) is 3.65. The molecule has 0 heterocycles. The van der Waals surface area contributed by atoms with Crippen LogP contribution < -0.4 is 15.5 Å². The zero-order chi connectivity index (χ0) is 15.2. The van der Waals surface area contributed by atoms with Gasteiger partial charge in [-0.15, -0.1) is 0 Å². The second-order valence-corrected chi connectivity index (χ2v) is 5.26. The predicted molar refractivity (Wildman–Crippen MR) is 84.4 cm³/mol. The zero-order valence-electron chi connectivity index (χ0n) is 12.7. The lowest BCUT2D eigenvalue weighted by atomic mass is 10.2. The number of rotatable bonds is 7. The van der Waals surface area contributed by atoms with Gasteiger partial charge in [-0.1, -0.05) is 0 Å². The second-order valence-electron chi connectivity index (χ2n) is 5.26. The molecule has 0 bridgehead atoms. The van der Waals surface area contributed by atoms with Crippen molar-refractivity contribution in [1.82, 2.24) is 5.32 Å². The van der Waals surface area contributed by atoms with E-state index in [1.807, 2.05) is 24.3 Å². The quantitative estimate of drug-likeness (QED) is 0.807. The summed E-state index contributed by atoms with van der Waals surface area (Å²) in [6, 6.07) is 7.75. The number of amides is 2. The molecule has 0 unspecified atom stereocenters. The summed E-state index contributed by atoms with van der Waals surface area (Å²) in [7, 11) is 0. The van der Waals surface area contributed by atoms with Crippen molar-refractivity contribution in [2.75, 3.05) is 29.9 Å². The highest BCUT2D eigenvalue weighted by atomic mass is 16.2. The summed E-state index contributed by atoms with van der Waals surface area (Å²) in [6.07, 6.45) is 1.89. The Morgan fingerprint density at radius 2 is 1.76 bits per heavy atom. The number of anilines is 2. The lowest BCUT2D eigenvalue weighted by Crippen LogP contribution is -2.33. The smallest absolute Gasteiger partial charge is 0.243 e. The molecule has 2 N–H and O–H groups in total. The SMILES string of the molecule is CCN(CC)c1ccc(NC(=O)CNC(=O)C2CC2)cc1. The van der Waals surface area contributed by atoms with Crippen LogP contribution in [0.3, 0.4) is 0 Å². The van der Waals surface area contributed by atoms with Crippen LogP contribution in [0.5, 0.6) is 0 Å². The minimum atomic E-state index is -0.195. The minimum absolute atomic E-state index is 0.0120. The predicted octanol–water partition coefficient (Wildman–Crippen LogP) is 2.00. The molecule has 0 atom stereocenters. The maximum atomic E-state index is 11.8. The van der Waals surface area contributed by atoms with Crippen LogP contribution in [0.15, 0.2) is 24.3 Å². The van der Waals surface area contributed by atoms with Crippen LogP contribution in [0.2, 0.25) is 0 Å². The van der Waals surface area contributed by atoms with Gasteiger partial charge in [-0.3, -0.25) is 9.59 Å². The van der Waals surface area contributed by atoms with E-state index in [0.29, 0.717) is 0 Å². The van der Waals surface area contributed by atoms with E-state index in [1.54, 1.807) is 0 Å². The fraction of sp³-hybridized carbons (Fsp3) is 0.500. The van der Waals surface area contributed by atoms with Crippen molar-refractivity contribution >= 4 is 23.2 Å². The largest absolute Gasteiger partial charge is 0.372 e. The maximum absolute atomic E-state index is 11.8. The van der Waals surface area contributed by atoms with Gasteiger partial charge in [-0.2, -0.15) is 0 Å². The van der Waals surface area contributed by atoms with Gasteiger partial charge in [0.25, 0.3) is 0 Å². The number of carbonyl (C=O) groups excluding carboxylic acids is 2. The molecule has 1 saturated carbocycles. The molecular weight excluding hydrogens is 266 g/mol. The topological polar surface area (TPSA) is 61.4 Å². The van der Waals surface area contributed by atoms with E-state index in [0.717, 1.165) is 37.3 Å². The van der Waals surface area contributed by atoms with Crippen LogP contribution in [0.4, 0.5) is 11.4 Å². The van der Waals surface area contributed by atoms with Crippen molar-refractivity contribution in [3.05, 3.63) is 24.3 Å². The Morgan fingerprint density at radius 1 is 1.14 bits per heavy atom. The first-order chi connectivity index (χ1) is 10.1. The monoisotopic (exact) mass is 289 g/mol. The molecule has 5 heteroatoms. The Balaban J connectivity index is 1.81. The number of hydrogen-bond acceptors (Lipinski definition) is 3. The average molecular weight is 289 g/mol. The molecule has 0 saturated heterocycles. The lowest BCUT2D eigenvalue weighted by Gasteiger charge is -2.21. The Morgan fingerprint density at radius 3 is 2.29 bits per heavy atom. The van der Waals surface area contributed by atoms with E-state index in [4.69, 9.17) is 0 Å². The maximum Gasteiger partial charge on any atom is 0.243 e. The molecule has 2 amide bonds. The number of benzene rings is 1. The highest BCUT2D eigenvalue weighted by Crippen LogP contribution is 2.28. The van der Waals surface area contributed by atoms with Crippen LogP contribution in [-0.2, 0) is 9.59 Å². The molecular formula is C16H23N3O2. The summed E-state index contributed by atoms with van der Waals surface area (Å²) < 4.78 is 0. The summed E-state index contributed by atoms with van der Waals surface area (Å²) in [5.41, 5.74) is 1.89. The summed E-state index contributed by atoms with van der Waals surface area (Å²) in [5, 5.41) is 5.44. The number of nitrogens with zero attached hydrogens (tertiary/aromatic N) is 1. The summed E-state index contributed by atoms with van der Waals surface area (Å²) in [4.78, 5) is 25.4. The van der Waals surface area contributed by atoms with E-state index in [9.17, 15) is 9.59 Å². The standard InChI is InChI=1S/C16H23N3O2/c1-3-19(4-2)14-9-7-13(8-10-14)18-15(20)11-17-16(21)12-5-6-12/h7-10,12H,3-6,11H2,1-2H3,(H,17,21)(H,18,20). The van der Waals surface area contributed by atoms with Crippen molar-refractivity contribution in [1.29, 1.82) is 0 Å². The first kappa shape index (κ1) is 15.4. The van der Waals surface area contributed by atoms with Gasteiger partial charge < -0.3 is 15.5 Å². The van der Waals surface area contributed by atoms with E-state index in [2.05, 4.69) is 29.4 Å².